The number of para-hydroxylation sites is 2. The average molecular weight is 245 g/mol. The summed E-state index contributed by atoms with van der Waals surface area (Å²) in [5.74, 6) is 0. The minimum Gasteiger partial charge on any atom is -0.378 e. The van der Waals surface area contributed by atoms with Gasteiger partial charge in [0.05, 0.1) is 16.4 Å². The Kier molecular flexibility index (Phi) is 2.45. The molecule has 0 saturated carbocycles. The number of nitrogens with zero attached hydrogens (tertiary/aromatic N) is 1. The first kappa shape index (κ1) is 10.5. The molecule has 2 aromatic rings. The van der Waals surface area contributed by atoms with Gasteiger partial charge in [-0.25, -0.2) is 0 Å². The van der Waals surface area contributed by atoms with Crippen LogP contribution in [0.1, 0.15) is 5.56 Å². The minimum atomic E-state index is 0.766. The lowest BCUT2D eigenvalue weighted by atomic mass is 10.1. The van der Waals surface area contributed by atoms with Crippen molar-refractivity contribution in [2.24, 2.45) is 0 Å². The van der Waals surface area contributed by atoms with E-state index in [0.29, 0.717) is 0 Å². The van der Waals surface area contributed by atoms with Gasteiger partial charge in [0.15, 0.2) is 0 Å². The normalized spacial score (nSPS) is 13.4. The summed E-state index contributed by atoms with van der Waals surface area (Å²) in [7, 11) is 2.07. The van der Waals surface area contributed by atoms with Gasteiger partial charge in [-0.05, 0) is 23.8 Å². The van der Waals surface area contributed by atoms with Crippen LogP contribution in [-0.2, 0) is 6.54 Å². The molecular weight excluding hydrogens is 232 g/mol. The highest BCUT2D eigenvalue weighted by Gasteiger charge is 2.18. The highest BCUT2D eigenvalue weighted by Crippen LogP contribution is 2.39. The molecular formula is C14H13ClN2. The minimum absolute atomic E-state index is 0.766. The summed E-state index contributed by atoms with van der Waals surface area (Å²) in [6, 6.07) is 14.4. The molecule has 1 N–H and O–H groups in total. The SMILES string of the molecule is CN1c2ccccc2CNc2c(Cl)cccc21. The van der Waals surface area contributed by atoms with E-state index in [2.05, 4.69) is 47.6 Å². The predicted molar refractivity (Wildman–Crippen MR) is 73.3 cm³/mol. The summed E-state index contributed by atoms with van der Waals surface area (Å²) < 4.78 is 0. The number of rotatable bonds is 0. The summed E-state index contributed by atoms with van der Waals surface area (Å²) in [6.07, 6.45) is 0. The van der Waals surface area contributed by atoms with E-state index in [1.807, 2.05) is 12.1 Å². The lowest BCUT2D eigenvalue weighted by Gasteiger charge is -2.21. The second-order valence-electron chi connectivity index (χ2n) is 4.18. The number of hydrogen-bond donors (Lipinski definition) is 1. The zero-order chi connectivity index (χ0) is 11.8. The number of fused-ring (bicyclic) bond motifs is 2. The van der Waals surface area contributed by atoms with Crippen LogP contribution in [0.25, 0.3) is 0 Å². The predicted octanol–water partition coefficient (Wildman–Crippen LogP) is 4.03. The molecule has 0 saturated heterocycles. The molecule has 1 heterocycles. The van der Waals surface area contributed by atoms with Crippen LogP contribution >= 0.6 is 11.6 Å². The van der Waals surface area contributed by atoms with Gasteiger partial charge in [0.1, 0.15) is 0 Å². The van der Waals surface area contributed by atoms with Crippen molar-refractivity contribution >= 4 is 28.7 Å². The molecule has 1 aliphatic heterocycles. The molecule has 0 spiro atoms. The highest BCUT2D eigenvalue weighted by molar-refractivity contribution is 6.34. The second kappa shape index (κ2) is 3.97. The van der Waals surface area contributed by atoms with Crippen LogP contribution in [0.2, 0.25) is 5.02 Å². The van der Waals surface area contributed by atoms with E-state index in [0.717, 1.165) is 22.9 Å². The zero-order valence-electron chi connectivity index (χ0n) is 9.57. The first-order valence-electron chi connectivity index (χ1n) is 5.61. The van der Waals surface area contributed by atoms with Crippen LogP contribution in [-0.4, -0.2) is 7.05 Å². The molecule has 0 atom stereocenters. The first-order chi connectivity index (χ1) is 8.27. The molecule has 17 heavy (non-hydrogen) atoms. The molecule has 2 nitrogen and oxygen atoms in total. The zero-order valence-corrected chi connectivity index (χ0v) is 10.3. The van der Waals surface area contributed by atoms with E-state index < -0.39 is 0 Å². The van der Waals surface area contributed by atoms with E-state index >= 15 is 0 Å². The number of hydrogen-bond acceptors (Lipinski definition) is 2. The van der Waals surface area contributed by atoms with Gasteiger partial charge in [-0.1, -0.05) is 35.9 Å². The van der Waals surface area contributed by atoms with E-state index in [1.54, 1.807) is 0 Å². The number of nitrogens with one attached hydrogen (secondary N) is 1. The quantitative estimate of drug-likeness (QED) is 0.753. The maximum atomic E-state index is 6.23. The molecule has 3 heteroatoms. The Bertz CT molecular complexity index is 566. The molecule has 0 unspecified atom stereocenters. The Labute approximate surface area is 106 Å². The topological polar surface area (TPSA) is 15.3 Å². The van der Waals surface area contributed by atoms with Gasteiger partial charge in [0, 0.05) is 19.3 Å². The molecule has 0 bridgehead atoms. The maximum absolute atomic E-state index is 6.23. The maximum Gasteiger partial charge on any atom is 0.0773 e. The molecule has 0 fully saturated rings. The molecule has 0 aliphatic carbocycles. The third-order valence-corrected chi connectivity index (χ3v) is 3.48. The Hall–Kier alpha value is -1.67. The summed E-state index contributed by atoms with van der Waals surface area (Å²) in [6.45, 7) is 0.803. The molecule has 2 aromatic carbocycles. The van der Waals surface area contributed by atoms with E-state index in [1.165, 1.54) is 11.3 Å². The molecule has 0 radical (unpaired) electrons. The van der Waals surface area contributed by atoms with Crippen molar-refractivity contribution in [1.82, 2.24) is 0 Å². The van der Waals surface area contributed by atoms with Crippen molar-refractivity contribution in [3.05, 3.63) is 53.1 Å². The largest absolute Gasteiger partial charge is 0.378 e. The van der Waals surface area contributed by atoms with Crippen LogP contribution in [0.15, 0.2) is 42.5 Å². The smallest absolute Gasteiger partial charge is 0.0773 e. The van der Waals surface area contributed by atoms with Crippen molar-refractivity contribution < 1.29 is 0 Å². The summed E-state index contributed by atoms with van der Waals surface area (Å²) in [5.41, 5.74) is 4.62. The number of benzene rings is 2. The van der Waals surface area contributed by atoms with Gasteiger partial charge in [-0.3, -0.25) is 0 Å². The molecule has 0 amide bonds. The standard InChI is InChI=1S/C14H13ClN2/c1-17-12-7-3-2-5-10(12)9-16-14-11(15)6-4-8-13(14)17/h2-8,16H,9H2,1H3. The second-order valence-corrected chi connectivity index (χ2v) is 4.58. The Morgan fingerprint density at radius 1 is 1.06 bits per heavy atom. The summed E-state index contributed by atoms with van der Waals surface area (Å²) in [5, 5.41) is 4.17. The Morgan fingerprint density at radius 2 is 1.82 bits per heavy atom. The fourth-order valence-electron chi connectivity index (χ4n) is 2.27. The van der Waals surface area contributed by atoms with Gasteiger partial charge in [-0.2, -0.15) is 0 Å². The summed E-state index contributed by atoms with van der Waals surface area (Å²) >= 11 is 6.23. The van der Waals surface area contributed by atoms with E-state index in [9.17, 15) is 0 Å². The monoisotopic (exact) mass is 244 g/mol. The first-order valence-corrected chi connectivity index (χ1v) is 5.99. The Balaban J connectivity index is 2.20. The third kappa shape index (κ3) is 1.65. The van der Waals surface area contributed by atoms with E-state index in [4.69, 9.17) is 11.6 Å². The number of anilines is 3. The average Bonchev–Trinajstić information content (AvgIpc) is 2.50. The van der Waals surface area contributed by atoms with Gasteiger partial charge in [0.25, 0.3) is 0 Å². The van der Waals surface area contributed by atoms with Crippen LogP contribution < -0.4 is 10.2 Å². The van der Waals surface area contributed by atoms with Gasteiger partial charge in [-0.15, -0.1) is 0 Å². The fraction of sp³-hybridized carbons (Fsp3) is 0.143. The van der Waals surface area contributed by atoms with Gasteiger partial charge in [0.2, 0.25) is 0 Å². The van der Waals surface area contributed by atoms with Crippen molar-refractivity contribution in [3.8, 4) is 0 Å². The van der Waals surface area contributed by atoms with E-state index in [-0.39, 0.29) is 0 Å². The number of halogens is 1. The van der Waals surface area contributed by atoms with Crippen LogP contribution in [0.3, 0.4) is 0 Å². The van der Waals surface area contributed by atoms with Crippen LogP contribution in [0.5, 0.6) is 0 Å². The Morgan fingerprint density at radius 3 is 2.71 bits per heavy atom. The van der Waals surface area contributed by atoms with Crippen molar-refractivity contribution in [2.45, 2.75) is 6.54 Å². The lowest BCUT2D eigenvalue weighted by molar-refractivity contribution is 1.15. The fourth-order valence-corrected chi connectivity index (χ4v) is 2.50. The highest BCUT2D eigenvalue weighted by atomic mass is 35.5. The lowest BCUT2D eigenvalue weighted by Crippen LogP contribution is -2.10. The molecule has 0 aromatic heterocycles. The summed E-state index contributed by atoms with van der Waals surface area (Å²) in [4.78, 5) is 2.18. The van der Waals surface area contributed by atoms with Crippen LogP contribution in [0.4, 0.5) is 17.1 Å². The third-order valence-electron chi connectivity index (χ3n) is 3.16. The van der Waals surface area contributed by atoms with Crippen molar-refractivity contribution in [1.29, 1.82) is 0 Å². The van der Waals surface area contributed by atoms with Crippen molar-refractivity contribution in [2.75, 3.05) is 17.3 Å². The van der Waals surface area contributed by atoms with Gasteiger partial charge >= 0.3 is 0 Å². The van der Waals surface area contributed by atoms with Gasteiger partial charge < -0.3 is 10.2 Å². The van der Waals surface area contributed by atoms with Crippen LogP contribution in [0, 0.1) is 0 Å². The molecule has 3 rings (SSSR count). The molecule has 1 aliphatic rings. The van der Waals surface area contributed by atoms with Crippen molar-refractivity contribution in [3.63, 3.8) is 0 Å². The molecule has 86 valence electrons.